The SMILES string of the molecule is CC/C=C\C/C=C\C/C=C\C/C=C\C/C=C\C/C=C\C/C=C\C/C=C\CCCCCCCCC(=O)OCC(COC(=O)CCCCCCCCCCCCCCC)OC(=O)CCCC/C=C\C/C=C\C/C=C\C/C=C\CC. The highest BCUT2D eigenvalue weighted by Crippen LogP contribution is 2.15. The summed E-state index contributed by atoms with van der Waals surface area (Å²) < 4.78 is 16.8. The van der Waals surface area contributed by atoms with Crippen LogP contribution in [0.5, 0.6) is 0 Å². The van der Waals surface area contributed by atoms with Crippen molar-refractivity contribution in [1.82, 2.24) is 0 Å². The minimum Gasteiger partial charge on any atom is -0.462 e. The van der Waals surface area contributed by atoms with Gasteiger partial charge in [-0.15, -0.1) is 0 Å². The number of carbonyl (C=O) groups excluding carboxylic acids is 3. The first-order valence-corrected chi connectivity index (χ1v) is 31.3. The van der Waals surface area contributed by atoms with E-state index in [1.165, 1.54) is 77.0 Å². The molecule has 0 aromatic heterocycles. The van der Waals surface area contributed by atoms with Gasteiger partial charge in [-0.3, -0.25) is 14.4 Å². The Bertz CT molecular complexity index is 1700. The summed E-state index contributed by atoms with van der Waals surface area (Å²) >= 11 is 0. The van der Waals surface area contributed by atoms with Gasteiger partial charge in [0.2, 0.25) is 0 Å². The van der Waals surface area contributed by atoms with E-state index in [0.29, 0.717) is 19.3 Å². The Morgan fingerprint density at radius 2 is 0.506 bits per heavy atom. The van der Waals surface area contributed by atoms with Crippen molar-refractivity contribution in [2.24, 2.45) is 0 Å². The maximum Gasteiger partial charge on any atom is 0.306 e. The molecule has 0 aliphatic carbocycles. The molecule has 0 saturated heterocycles. The molecule has 434 valence electrons. The summed E-state index contributed by atoms with van der Waals surface area (Å²) in [6.07, 6.45) is 91.4. The molecule has 77 heavy (non-hydrogen) atoms. The van der Waals surface area contributed by atoms with Crippen LogP contribution in [0.25, 0.3) is 0 Å². The van der Waals surface area contributed by atoms with Crippen molar-refractivity contribution in [1.29, 1.82) is 0 Å². The zero-order chi connectivity index (χ0) is 55.7. The maximum absolute atomic E-state index is 12.9. The number of hydrogen-bond acceptors (Lipinski definition) is 6. The fourth-order valence-electron chi connectivity index (χ4n) is 8.21. The zero-order valence-electron chi connectivity index (χ0n) is 49.7. The second-order valence-corrected chi connectivity index (χ2v) is 20.2. The fraction of sp³-hybridized carbons (Fsp3) is 0.620. The van der Waals surface area contributed by atoms with Gasteiger partial charge in [-0.25, -0.2) is 0 Å². The van der Waals surface area contributed by atoms with Crippen LogP contribution in [0, 0.1) is 0 Å². The molecule has 0 aromatic rings. The predicted molar refractivity (Wildman–Crippen MR) is 334 cm³/mol. The first kappa shape index (κ1) is 72.3. The molecule has 0 heterocycles. The van der Waals surface area contributed by atoms with Crippen LogP contribution < -0.4 is 0 Å². The molecule has 1 atom stereocenters. The van der Waals surface area contributed by atoms with Crippen LogP contribution in [0.15, 0.2) is 146 Å². The lowest BCUT2D eigenvalue weighted by atomic mass is 10.0. The fourth-order valence-corrected chi connectivity index (χ4v) is 8.21. The van der Waals surface area contributed by atoms with Gasteiger partial charge in [0.1, 0.15) is 13.2 Å². The van der Waals surface area contributed by atoms with Gasteiger partial charge in [-0.1, -0.05) is 269 Å². The van der Waals surface area contributed by atoms with Gasteiger partial charge in [0.05, 0.1) is 0 Å². The average Bonchev–Trinajstić information content (AvgIpc) is 3.43. The molecule has 0 aliphatic heterocycles. The van der Waals surface area contributed by atoms with Gasteiger partial charge >= 0.3 is 17.9 Å². The van der Waals surface area contributed by atoms with Crippen LogP contribution in [-0.2, 0) is 28.6 Å². The standard InChI is InChI=1S/C71H114O6/c1-4-7-10-13-16-19-22-25-27-28-29-30-31-32-33-34-35-36-37-38-39-40-41-42-44-46-49-52-55-58-61-64-70(73)76-67-68(66-75-69(72)63-60-57-54-51-48-45-24-21-18-15-12-9-6-3)77-71(74)65-62-59-56-53-50-47-43-26-23-20-17-14-11-8-5-2/h7-8,10-11,16-17,19-20,25-27,29-30,32-33,35-36,38-39,41-43,50,53,68H,4-6,9,12-15,18,21-24,28,31,34,37,40,44-49,51-52,54-67H2,1-3H3/b10-7-,11-8-,19-16-,20-17-,27-25-,30-29-,33-32-,36-35-,39-38-,42-41-,43-26-,53-50-. The molecular weight excluding hydrogens is 949 g/mol. The molecule has 6 nitrogen and oxygen atoms in total. The van der Waals surface area contributed by atoms with Crippen molar-refractivity contribution in [3.63, 3.8) is 0 Å². The van der Waals surface area contributed by atoms with E-state index in [1.54, 1.807) is 0 Å². The summed E-state index contributed by atoms with van der Waals surface area (Å²) in [7, 11) is 0. The summed E-state index contributed by atoms with van der Waals surface area (Å²) in [6.45, 7) is 6.36. The summed E-state index contributed by atoms with van der Waals surface area (Å²) in [5, 5.41) is 0. The molecule has 0 bridgehead atoms. The van der Waals surface area contributed by atoms with Crippen molar-refractivity contribution in [3.05, 3.63) is 146 Å². The number of esters is 3. The Morgan fingerprint density at radius 3 is 0.818 bits per heavy atom. The number of carbonyl (C=O) groups is 3. The molecule has 6 heteroatoms. The Kier molecular flexibility index (Phi) is 59.9. The van der Waals surface area contributed by atoms with E-state index in [9.17, 15) is 14.4 Å². The molecule has 0 saturated carbocycles. The number of ether oxygens (including phenoxy) is 3. The van der Waals surface area contributed by atoms with Crippen molar-refractivity contribution < 1.29 is 28.6 Å². The lowest BCUT2D eigenvalue weighted by Gasteiger charge is -2.18. The van der Waals surface area contributed by atoms with Gasteiger partial charge < -0.3 is 14.2 Å². The summed E-state index contributed by atoms with van der Waals surface area (Å²) in [4.78, 5) is 38.2. The third-order valence-electron chi connectivity index (χ3n) is 12.8. The first-order valence-electron chi connectivity index (χ1n) is 31.3. The third-order valence-corrected chi connectivity index (χ3v) is 12.8. The molecule has 0 rings (SSSR count). The van der Waals surface area contributed by atoms with Crippen molar-refractivity contribution >= 4 is 17.9 Å². The second-order valence-electron chi connectivity index (χ2n) is 20.2. The van der Waals surface area contributed by atoms with Gasteiger partial charge in [0.25, 0.3) is 0 Å². The largest absolute Gasteiger partial charge is 0.462 e. The predicted octanol–water partition coefficient (Wildman–Crippen LogP) is 21.5. The van der Waals surface area contributed by atoms with E-state index in [0.717, 1.165) is 141 Å². The normalized spacial score (nSPS) is 13.1. The highest BCUT2D eigenvalue weighted by molar-refractivity contribution is 5.71. The Balaban J connectivity index is 4.36. The van der Waals surface area contributed by atoms with Crippen molar-refractivity contribution in [2.75, 3.05) is 13.2 Å². The van der Waals surface area contributed by atoms with Crippen LogP contribution in [0.1, 0.15) is 265 Å². The third kappa shape index (κ3) is 62.0. The van der Waals surface area contributed by atoms with Crippen molar-refractivity contribution in [3.8, 4) is 0 Å². The molecular formula is C71H114O6. The quantitative estimate of drug-likeness (QED) is 0.0261. The topological polar surface area (TPSA) is 78.9 Å². The summed E-state index contributed by atoms with van der Waals surface area (Å²) in [5.41, 5.74) is 0. The van der Waals surface area contributed by atoms with Crippen LogP contribution in [0.3, 0.4) is 0 Å². The molecule has 0 fully saturated rings. The average molecular weight is 1060 g/mol. The van der Waals surface area contributed by atoms with E-state index >= 15 is 0 Å². The van der Waals surface area contributed by atoms with Gasteiger partial charge in [-0.05, 0) is 122 Å². The van der Waals surface area contributed by atoms with E-state index < -0.39 is 6.10 Å². The molecule has 0 amide bonds. The van der Waals surface area contributed by atoms with Gasteiger partial charge in [0, 0.05) is 19.3 Å². The highest BCUT2D eigenvalue weighted by Gasteiger charge is 2.19. The number of hydrogen-bond donors (Lipinski definition) is 0. The summed E-state index contributed by atoms with van der Waals surface area (Å²) in [6, 6.07) is 0. The van der Waals surface area contributed by atoms with E-state index in [2.05, 4.69) is 167 Å². The Hall–Kier alpha value is -4.71. The Morgan fingerprint density at radius 1 is 0.273 bits per heavy atom. The van der Waals surface area contributed by atoms with E-state index in [4.69, 9.17) is 14.2 Å². The lowest BCUT2D eigenvalue weighted by Crippen LogP contribution is -2.30. The van der Waals surface area contributed by atoms with Gasteiger partial charge in [0.15, 0.2) is 6.10 Å². The van der Waals surface area contributed by atoms with E-state index in [1.807, 2.05) is 0 Å². The van der Waals surface area contributed by atoms with Crippen LogP contribution in [0.4, 0.5) is 0 Å². The van der Waals surface area contributed by atoms with Crippen LogP contribution in [0.2, 0.25) is 0 Å². The monoisotopic (exact) mass is 1060 g/mol. The van der Waals surface area contributed by atoms with Gasteiger partial charge in [-0.2, -0.15) is 0 Å². The number of allylic oxidation sites excluding steroid dienone is 24. The van der Waals surface area contributed by atoms with E-state index in [-0.39, 0.29) is 37.5 Å². The van der Waals surface area contributed by atoms with Crippen molar-refractivity contribution in [2.45, 2.75) is 271 Å². The molecule has 0 N–H and O–H groups in total. The smallest absolute Gasteiger partial charge is 0.306 e. The number of rotatable bonds is 55. The molecule has 0 aliphatic rings. The highest BCUT2D eigenvalue weighted by atomic mass is 16.6. The molecule has 0 aromatic carbocycles. The minimum atomic E-state index is -0.810. The molecule has 0 radical (unpaired) electrons. The molecule has 0 spiro atoms. The maximum atomic E-state index is 12.9. The van der Waals surface area contributed by atoms with Crippen LogP contribution >= 0.6 is 0 Å². The second kappa shape index (κ2) is 63.8. The summed E-state index contributed by atoms with van der Waals surface area (Å²) in [5.74, 6) is -0.961. The number of unbranched alkanes of at least 4 members (excludes halogenated alkanes) is 20. The van der Waals surface area contributed by atoms with Crippen LogP contribution in [-0.4, -0.2) is 37.2 Å². The Labute approximate surface area is 474 Å². The zero-order valence-corrected chi connectivity index (χ0v) is 49.7. The minimum absolute atomic E-state index is 0.102. The first-order chi connectivity index (χ1) is 38.0. The lowest BCUT2D eigenvalue weighted by molar-refractivity contribution is -0.167. The molecule has 1 unspecified atom stereocenters.